The largest absolute Gasteiger partial charge is 0.323 e. The molecule has 0 saturated heterocycles. The third-order valence-electron chi connectivity index (χ3n) is 3.20. The molecule has 0 aliphatic heterocycles. The molecule has 0 aliphatic rings. The molecule has 0 aliphatic carbocycles. The van der Waals surface area contributed by atoms with Gasteiger partial charge in [0.15, 0.2) is 0 Å². The predicted octanol–water partition coefficient (Wildman–Crippen LogP) is 3.10. The van der Waals surface area contributed by atoms with Crippen LogP contribution in [0.3, 0.4) is 0 Å². The summed E-state index contributed by atoms with van der Waals surface area (Å²) in [6.07, 6.45) is 0. The van der Waals surface area contributed by atoms with E-state index in [4.69, 9.17) is 5.73 Å². The van der Waals surface area contributed by atoms with Crippen LogP contribution in [-0.2, 0) is 6.54 Å². The number of benzene rings is 2. The molecule has 2 aromatic rings. The van der Waals surface area contributed by atoms with Gasteiger partial charge in [-0.2, -0.15) is 0 Å². The molecule has 2 rings (SSSR count). The lowest BCUT2D eigenvalue weighted by Crippen LogP contribution is -2.29. The van der Waals surface area contributed by atoms with Crippen molar-refractivity contribution in [1.29, 1.82) is 0 Å². The lowest BCUT2D eigenvalue weighted by Gasteiger charge is -2.21. The van der Waals surface area contributed by atoms with E-state index < -0.39 is 0 Å². The number of hydrogen-bond donors (Lipinski definition) is 1. The van der Waals surface area contributed by atoms with Gasteiger partial charge in [-0.25, -0.2) is 8.78 Å². The Balaban J connectivity index is 1.96. The van der Waals surface area contributed by atoms with Gasteiger partial charge < -0.3 is 10.6 Å². The second kappa shape index (κ2) is 6.59. The summed E-state index contributed by atoms with van der Waals surface area (Å²) in [5.41, 5.74) is 7.59. The Morgan fingerprint density at radius 2 is 1.70 bits per heavy atom. The minimum absolute atomic E-state index is 0.213. The van der Waals surface area contributed by atoms with Crippen LogP contribution in [0.1, 0.15) is 17.2 Å². The van der Waals surface area contributed by atoms with Gasteiger partial charge in [-0.05, 0) is 30.8 Å². The molecule has 0 spiro atoms. The van der Waals surface area contributed by atoms with Crippen LogP contribution >= 0.6 is 0 Å². The average Bonchev–Trinajstić information content (AvgIpc) is 2.42. The molecule has 0 radical (unpaired) electrons. The number of hydrogen-bond acceptors (Lipinski definition) is 2. The van der Waals surface area contributed by atoms with Gasteiger partial charge in [0.1, 0.15) is 11.6 Å². The van der Waals surface area contributed by atoms with Gasteiger partial charge in [0.2, 0.25) is 0 Å². The SMILES string of the molecule is CN(Cc1ccccc1F)CC(N)c1ccc(F)cc1. The topological polar surface area (TPSA) is 29.3 Å². The maximum Gasteiger partial charge on any atom is 0.127 e. The number of nitrogens with two attached hydrogens (primary N) is 1. The van der Waals surface area contributed by atoms with Gasteiger partial charge in [0.25, 0.3) is 0 Å². The van der Waals surface area contributed by atoms with Crippen LogP contribution in [0.25, 0.3) is 0 Å². The van der Waals surface area contributed by atoms with Crippen LogP contribution in [0.4, 0.5) is 8.78 Å². The number of nitrogens with zero attached hydrogens (tertiary/aromatic N) is 1. The Bertz CT molecular complexity index is 555. The summed E-state index contributed by atoms with van der Waals surface area (Å²) < 4.78 is 26.4. The fraction of sp³-hybridized carbons (Fsp3) is 0.250. The predicted molar refractivity (Wildman–Crippen MR) is 76.1 cm³/mol. The maximum absolute atomic E-state index is 13.6. The number of likely N-dealkylation sites (N-methyl/N-ethyl adjacent to an activating group) is 1. The van der Waals surface area contributed by atoms with Crippen molar-refractivity contribution in [3.63, 3.8) is 0 Å². The van der Waals surface area contributed by atoms with Gasteiger partial charge >= 0.3 is 0 Å². The first-order valence-corrected chi connectivity index (χ1v) is 6.49. The first-order chi connectivity index (χ1) is 9.56. The number of rotatable bonds is 5. The fourth-order valence-electron chi connectivity index (χ4n) is 2.13. The van der Waals surface area contributed by atoms with Gasteiger partial charge in [-0.15, -0.1) is 0 Å². The van der Waals surface area contributed by atoms with E-state index in [0.29, 0.717) is 18.7 Å². The zero-order chi connectivity index (χ0) is 14.5. The highest BCUT2D eigenvalue weighted by Gasteiger charge is 2.11. The molecule has 2 N–H and O–H groups in total. The van der Waals surface area contributed by atoms with E-state index in [9.17, 15) is 8.78 Å². The summed E-state index contributed by atoms with van der Waals surface area (Å²) in [5, 5.41) is 0. The molecular weight excluding hydrogens is 258 g/mol. The summed E-state index contributed by atoms with van der Waals surface area (Å²) >= 11 is 0. The minimum Gasteiger partial charge on any atom is -0.323 e. The summed E-state index contributed by atoms with van der Waals surface area (Å²) in [7, 11) is 1.88. The lowest BCUT2D eigenvalue weighted by molar-refractivity contribution is 0.300. The third kappa shape index (κ3) is 3.85. The van der Waals surface area contributed by atoms with Crippen molar-refractivity contribution in [1.82, 2.24) is 4.90 Å². The van der Waals surface area contributed by atoms with Gasteiger partial charge in [0.05, 0.1) is 0 Å². The zero-order valence-electron chi connectivity index (χ0n) is 11.4. The van der Waals surface area contributed by atoms with Crippen LogP contribution in [0.2, 0.25) is 0 Å². The Kier molecular flexibility index (Phi) is 4.82. The second-order valence-electron chi connectivity index (χ2n) is 4.95. The first-order valence-electron chi connectivity index (χ1n) is 6.49. The Morgan fingerprint density at radius 3 is 2.35 bits per heavy atom. The Hall–Kier alpha value is -1.78. The van der Waals surface area contributed by atoms with Crippen molar-refractivity contribution in [3.8, 4) is 0 Å². The monoisotopic (exact) mass is 276 g/mol. The van der Waals surface area contributed by atoms with E-state index in [0.717, 1.165) is 5.56 Å². The van der Waals surface area contributed by atoms with Crippen molar-refractivity contribution in [2.75, 3.05) is 13.6 Å². The quantitative estimate of drug-likeness (QED) is 0.909. The molecule has 1 unspecified atom stereocenters. The third-order valence-corrected chi connectivity index (χ3v) is 3.20. The van der Waals surface area contributed by atoms with E-state index in [2.05, 4.69) is 0 Å². The maximum atomic E-state index is 13.6. The van der Waals surface area contributed by atoms with E-state index >= 15 is 0 Å². The second-order valence-corrected chi connectivity index (χ2v) is 4.95. The summed E-state index contributed by atoms with van der Waals surface area (Å²) in [6.45, 7) is 1.06. The van der Waals surface area contributed by atoms with Crippen molar-refractivity contribution >= 4 is 0 Å². The summed E-state index contributed by atoms with van der Waals surface area (Å²) in [5.74, 6) is -0.490. The van der Waals surface area contributed by atoms with Crippen molar-refractivity contribution < 1.29 is 8.78 Å². The molecular formula is C16H18F2N2. The molecule has 0 aromatic heterocycles. The lowest BCUT2D eigenvalue weighted by atomic mass is 10.1. The van der Waals surface area contributed by atoms with E-state index in [1.807, 2.05) is 18.0 Å². The highest BCUT2D eigenvalue weighted by atomic mass is 19.1. The molecule has 0 saturated carbocycles. The smallest absolute Gasteiger partial charge is 0.127 e. The van der Waals surface area contributed by atoms with Crippen LogP contribution in [0.15, 0.2) is 48.5 Å². The molecule has 2 nitrogen and oxygen atoms in total. The molecule has 0 fully saturated rings. The molecule has 1 atom stereocenters. The van der Waals surface area contributed by atoms with E-state index in [1.54, 1.807) is 24.3 Å². The van der Waals surface area contributed by atoms with Crippen molar-refractivity contribution in [2.45, 2.75) is 12.6 Å². The normalized spacial score (nSPS) is 12.7. The molecule has 4 heteroatoms. The fourth-order valence-corrected chi connectivity index (χ4v) is 2.13. The highest BCUT2D eigenvalue weighted by Crippen LogP contribution is 2.14. The Morgan fingerprint density at radius 1 is 1.05 bits per heavy atom. The van der Waals surface area contributed by atoms with Gasteiger partial charge in [-0.3, -0.25) is 0 Å². The molecule has 2 aromatic carbocycles. The zero-order valence-corrected chi connectivity index (χ0v) is 11.4. The standard InChI is InChI=1S/C16H18F2N2/c1-20(10-13-4-2-3-5-15(13)18)11-16(19)12-6-8-14(17)9-7-12/h2-9,16H,10-11,19H2,1H3. The highest BCUT2D eigenvalue weighted by molar-refractivity contribution is 5.20. The summed E-state index contributed by atoms with van der Waals surface area (Å²) in [6, 6.07) is 12.6. The van der Waals surface area contributed by atoms with Crippen LogP contribution in [0.5, 0.6) is 0 Å². The molecule has 0 bridgehead atoms. The molecule has 0 heterocycles. The van der Waals surface area contributed by atoms with E-state index in [1.165, 1.54) is 18.2 Å². The average molecular weight is 276 g/mol. The van der Waals surface area contributed by atoms with Gasteiger partial charge in [-0.1, -0.05) is 30.3 Å². The van der Waals surface area contributed by atoms with Gasteiger partial charge in [0, 0.05) is 24.7 Å². The van der Waals surface area contributed by atoms with E-state index in [-0.39, 0.29) is 17.7 Å². The molecule has 20 heavy (non-hydrogen) atoms. The summed E-state index contributed by atoms with van der Waals surface area (Å²) in [4.78, 5) is 1.95. The van der Waals surface area contributed by atoms with Crippen LogP contribution < -0.4 is 5.73 Å². The van der Waals surface area contributed by atoms with Crippen molar-refractivity contribution in [3.05, 3.63) is 71.3 Å². The Labute approximate surface area is 117 Å². The molecule has 106 valence electrons. The van der Waals surface area contributed by atoms with Crippen LogP contribution in [0, 0.1) is 11.6 Å². The molecule has 0 amide bonds. The number of halogens is 2. The first kappa shape index (κ1) is 14.6. The minimum atomic E-state index is -0.277. The van der Waals surface area contributed by atoms with Crippen molar-refractivity contribution in [2.24, 2.45) is 5.73 Å². The van der Waals surface area contributed by atoms with Crippen LogP contribution in [-0.4, -0.2) is 18.5 Å².